The van der Waals surface area contributed by atoms with Gasteiger partial charge < -0.3 is 8.83 Å². The number of carbonyl (C=O) groups is 1. The van der Waals surface area contributed by atoms with Crippen molar-refractivity contribution in [3.05, 3.63) is 48.3 Å². The highest BCUT2D eigenvalue weighted by atomic mass is 16.3. The van der Waals surface area contributed by atoms with Crippen LogP contribution in [0.4, 0.5) is 0 Å². The Labute approximate surface area is 145 Å². The minimum absolute atomic E-state index is 0.176. The van der Waals surface area contributed by atoms with Crippen molar-refractivity contribution in [2.45, 2.75) is 65.2 Å². The monoisotopic (exact) mass is 330 g/mol. The van der Waals surface area contributed by atoms with E-state index in [1.807, 2.05) is 18.4 Å². The van der Waals surface area contributed by atoms with E-state index in [0.717, 1.165) is 37.2 Å². The molecule has 0 saturated carbocycles. The van der Waals surface area contributed by atoms with E-state index in [1.165, 1.54) is 24.8 Å². The molecule has 3 nitrogen and oxygen atoms in total. The van der Waals surface area contributed by atoms with Gasteiger partial charge >= 0.3 is 0 Å². The van der Waals surface area contributed by atoms with Crippen LogP contribution in [0, 0.1) is 11.8 Å². The maximum Gasteiger partial charge on any atom is 0.136 e. The average Bonchev–Trinajstić information content (AvgIpc) is 3.26. The molecule has 2 rings (SSSR count). The molecule has 0 aliphatic heterocycles. The molecule has 0 fully saturated rings. The Balaban J connectivity index is 1.52. The van der Waals surface area contributed by atoms with Gasteiger partial charge in [0.15, 0.2) is 0 Å². The Bertz CT molecular complexity index is 554. The van der Waals surface area contributed by atoms with E-state index in [9.17, 15) is 4.79 Å². The predicted molar refractivity (Wildman–Crippen MR) is 95.9 cm³/mol. The minimum Gasteiger partial charge on any atom is -0.472 e. The van der Waals surface area contributed by atoms with Gasteiger partial charge in [0.2, 0.25) is 0 Å². The second-order valence-electron chi connectivity index (χ2n) is 7.06. The van der Waals surface area contributed by atoms with Gasteiger partial charge in [-0.15, -0.1) is 0 Å². The van der Waals surface area contributed by atoms with Crippen LogP contribution in [-0.2, 0) is 17.6 Å². The summed E-state index contributed by atoms with van der Waals surface area (Å²) in [4.78, 5) is 12.2. The molecule has 0 N–H and O–H groups in total. The Morgan fingerprint density at radius 2 is 1.54 bits per heavy atom. The van der Waals surface area contributed by atoms with Gasteiger partial charge in [0.1, 0.15) is 5.78 Å². The highest BCUT2D eigenvalue weighted by molar-refractivity contribution is 5.80. The van der Waals surface area contributed by atoms with Crippen molar-refractivity contribution in [1.82, 2.24) is 0 Å². The lowest BCUT2D eigenvalue weighted by atomic mass is 9.91. The Morgan fingerprint density at radius 1 is 0.917 bits per heavy atom. The number of hydrogen-bond donors (Lipinski definition) is 0. The van der Waals surface area contributed by atoms with Gasteiger partial charge in [-0.05, 0) is 54.9 Å². The van der Waals surface area contributed by atoms with Crippen LogP contribution in [0.15, 0.2) is 46.0 Å². The average molecular weight is 330 g/mol. The van der Waals surface area contributed by atoms with Gasteiger partial charge in [-0.2, -0.15) is 0 Å². The molecule has 0 aromatic carbocycles. The molecule has 0 bridgehead atoms. The molecule has 0 radical (unpaired) electrons. The van der Waals surface area contributed by atoms with Crippen LogP contribution in [0.5, 0.6) is 0 Å². The van der Waals surface area contributed by atoms with E-state index >= 15 is 0 Å². The molecule has 0 aliphatic carbocycles. The van der Waals surface area contributed by atoms with Crippen molar-refractivity contribution in [3.63, 3.8) is 0 Å². The number of ketones is 1. The van der Waals surface area contributed by atoms with Crippen LogP contribution in [-0.4, -0.2) is 5.78 Å². The fourth-order valence-electron chi connectivity index (χ4n) is 3.12. The zero-order valence-corrected chi connectivity index (χ0v) is 15.0. The maximum absolute atomic E-state index is 12.2. The van der Waals surface area contributed by atoms with Gasteiger partial charge in [-0.3, -0.25) is 4.79 Å². The molecule has 2 aromatic heterocycles. The third-order valence-electron chi connectivity index (χ3n) is 4.87. The fourth-order valence-corrected chi connectivity index (χ4v) is 3.12. The van der Waals surface area contributed by atoms with Crippen LogP contribution < -0.4 is 0 Å². The number of aryl methyl sites for hydroxylation is 2. The lowest BCUT2D eigenvalue weighted by molar-refractivity contribution is -0.122. The third kappa shape index (κ3) is 6.77. The van der Waals surface area contributed by atoms with Gasteiger partial charge in [-0.1, -0.05) is 33.1 Å². The first-order valence-corrected chi connectivity index (χ1v) is 9.20. The lowest BCUT2D eigenvalue weighted by Crippen LogP contribution is -2.12. The molecular formula is C21H30O3. The normalized spacial score (nSPS) is 13.8. The first-order chi connectivity index (χ1) is 11.6. The summed E-state index contributed by atoms with van der Waals surface area (Å²) >= 11 is 0. The zero-order chi connectivity index (χ0) is 17.2. The summed E-state index contributed by atoms with van der Waals surface area (Å²) in [6.45, 7) is 4.39. The Hall–Kier alpha value is -1.77. The molecule has 0 unspecified atom stereocenters. The number of rotatable bonds is 12. The van der Waals surface area contributed by atoms with Gasteiger partial charge in [0, 0.05) is 12.3 Å². The van der Waals surface area contributed by atoms with Crippen LogP contribution in [0.1, 0.15) is 63.5 Å². The highest BCUT2D eigenvalue weighted by Gasteiger charge is 2.13. The van der Waals surface area contributed by atoms with Gasteiger partial charge in [0.25, 0.3) is 0 Å². The molecule has 132 valence electrons. The quantitative estimate of drug-likeness (QED) is 0.491. The lowest BCUT2D eigenvalue weighted by Gasteiger charge is -2.13. The van der Waals surface area contributed by atoms with Crippen molar-refractivity contribution >= 4 is 5.78 Å². The van der Waals surface area contributed by atoms with E-state index in [-0.39, 0.29) is 5.92 Å². The van der Waals surface area contributed by atoms with Crippen molar-refractivity contribution in [2.24, 2.45) is 11.8 Å². The standard InChI is InChI=1S/C21H30O3/c1-17(6-4-8-19-11-13-23-15-19)5-3-7-18(2)21(22)10-9-20-12-14-24-16-20/h11-18H,3-10H2,1-2H3/t17-,18+/m1/s1. The first kappa shape index (κ1) is 18.6. The molecule has 0 aliphatic rings. The molecule has 2 aromatic rings. The topological polar surface area (TPSA) is 43.4 Å². The molecule has 0 amide bonds. The summed E-state index contributed by atoms with van der Waals surface area (Å²) in [6.07, 6.45) is 15.3. The minimum atomic E-state index is 0.176. The number of hydrogen-bond acceptors (Lipinski definition) is 3. The van der Waals surface area contributed by atoms with Crippen LogP contribution in [0.2, 0.25) is 0 Å². The van der Waals surface area contributed by atoms with E-state index in [1.54, 1.807) is 18.8 Å². The van der Waals surface area contributed by atoms with Crippen LogP contribution >= 0.6 is 0 Å². The summed E-state index contributed by atoms with van der Waals surface area (Å²) in [6, 6.07) is 3.98. The number of Topliss-reactive ketones (excluding diaryl/α,β-unsaturated/α-hetero) is 1. The highest BCUT2D eigenvalue weighted by Crippen LogP contribution is 2.19. The van der Waals surface area contributed by atoms with E-state index in [2.05, 4.69) is 13.8 Å². The van der Waals surface area contributed by atoms with Crippen LogP contribution in [0.25, 0.3) is 0 Å². The van der Waals surface area contributed by atoms with E-state index in [4.69, 9.17) is 8.83 Å². The number of furan rings is 2. The molecule has 2 atom stereocenters. The molecule has 0 saturated heterocycles. The summed E-state index contributed by atoms with van der Waals surface area (Å²) < 4.78 is 10.1. The molecular weight excluding hydrogens is 300 g/mol. The van der Waals surface area contributed by atoms with Gasteiger partial charge in [0.05, 0.1) is 25.1 Å². The summed E-state index contributed by atoms with van der Waals surface area (Å²) in [5, 5.41) is 0. The SMILES string of the molecule is C[C@@H](CCCc1ccoc1)CCC[C@H](C)C(=O)CCc1ccoc1. The largest absolute Gasteiger partial charge is 0.472 e. The molecule has 3 heteroatoms. The van der Waals surface area contributed by atoms with Crippen molar-refractivity contribution in [1.29, 1.82) is 0 Å². The summed E-state index contributed by atoms with van der Waals surface area (Å²) in [5.41, 5.74) is 2.40. The van der Waals surface area contributed by atoms with E-state index < -0.39 is 0 Å². The zero-order valence-electron chi connectivity index (χ0n) is 15.0. The fraction of sp³-hybridized carbons (Fsp3) is 0.571. The third-order valence-corrected chi connectivity index (χ3v) is 4.87. The second-order valence-corrected chi connectivity index (χ2v) is 7.06. The van der Waals surface area contributed by atoms with Crippen LogP contribution in [0.3, 0.4) is 0 Å². The summed E-state index contributed by atoms with van der Waals surface area (Å²) in [5.74, 6) is 1.28. The van der Waals surface area contributed by atoms with Crippen molar-refractivity contribution in [3.8, 4) is 0 Å². The predicted octanol–water partition coefficient (Wildman–Crippen LogP) is 5.84. The number of carbonyl (C=O) groups excluding carboxylic acids is 1. The maximum atomic E-state index is 12.2. The Kier molecular flexibility index (Phi) is 7.87. The first-order valence-electron chi connectivity index (χ1n) is 9.20. The van der Waals surface area contributed by atoms with E-state index in [0.29, 0.717) is 12.2 Å². The molecule has 2 heterocycles. The van der Waals surface area contributed by atoms with Gasteiger partial charge in [-0.25, -0.2) is 0 Å². The van der Waals surface area contributed by atoms with Crippen molar-refractivity contribution < 1.29 is 13.6 Å². The molecule has 0 spiro atoms. The summed E-state index contributed by atoms with van der Waals surface area (Å²) in [7, 11) is 0. The Morgan fingerprint density at radius 3 is 2.17 bits per heavy atom. The molecule has 24 heavy (non-hydrogen) atoms. The van der Waals surface area contributed by atoms with Crippen molar-refractivity contribution in [2.75, 3.05) is 0 Å². The smallest absolute Gasteiger partial charge is 0.136 e. The second kappa shape index (κ2) is 10.2.